The molecule has 0 bridgehead atoms. The van der Waals surface area contributed by atoms with E-state index in [1.165, 1.54) is 24.9 Å². The van der Waals surface area contributed by atoms with Gasteiger partial charge in [0.1, 0.15) is 0 Å². The van der Waals surface area contributed by atoms with Crippen LogP contribution >= 0.6 is 0 Å². The molecule has 1 N–H and O–H groups in total. The largest absolute Gasteiger partial charge is 0.369 e. The lowest BCUT2D eigenvalue weighted by atomic mass is 10.6. The van der Waals surface area contributed by atoms with E-state index >= 15 is 0 Å². The quantitative estimate of drug-likeness (QED) is 0.439. The van der Waals surface area contributed by atoms with E-state index in [0.717, 1.165) is 0 Å². The fourth-order valence-corrected chi connectivity index (χ4v) is 4.44. The smallest absolute Gasteiger partial charge is 0.0844 e. The summed E-state index contributed by atoms with van der Waals surface area (Å²) in [7, 11) is 0.405. The summed E-state index contributed by atoms with van der Waals surface area (Å²) in [6, 6.07) is 2.99. The van der Waals surface area contributed by atoms with E-state index in [1.54, 1.807) is 0 Å². The van der Waals surface area contributed by atoms with Crippen molar-refractivity contribution in [3.05, 3.63) is 0 Å². The average Bonchev–Trinajstić information content (AvgIpc) is 1.89. The fraction of sp³-hybridized carbons (Fsp3) is 1.00. The summed E-state index contributed by atoms with van der Waals surface area (Å²) in [6.07, 6.45) is 2.78. The van der Waals surface area contributed by atoms with Gasteiger partial charge in [-0.2, -0.15) is 0 Å². The molecule has 0 unspecified atom stereocenters. The minimum Gasteiger partial charge on any atom is -0.369 e. The first kappa shape index (κ1) is 9.39. The van der Waals surface area contributed by atoms with Gasteiger partial charge in [-0.25, -0.2) is 0 Å². The van der Waals surface area contributed by atoms with E-state index in [1.807, 2.05) is 0 Å². The van der Waals surface area contributed by atoms with Gasteiger partial charge in [-0.3, -0.25) is 0 Å². The van der Waals surface area contributed by atoms with Crippen molar-refractivity contribution in [2.75, 3.05) is 0 Å². The lowest BCUT2D eigenvalue weighted by molar-refractivity contribution is 1.05. The normalized spacial score (nSPS) is 12.7. The summed E-state index contributed by atoms with van der Waals surface area (Å²) in [4.78, 5) is 0. The lowest BCUT2D eigenvalue weighted by Crippen LogP contribution is -2.22. The standard InChI is InChI=1S/C6H19NSi2/c1-3-5-8-7-9-6-4-2/h7H,3-6,8-9H2,1-2H3. The zero-order valence-corrected chi connectivity index (χ0v) is 9.57. The van der Waals surface area contributed by atoms with Crippen molar-refractivity contribution in [3.8, 4) is 0 Å². The van der Waals surface area contributed by atoms with Crippen LogP contribution in [0.3, 0.4) is 0 Å². The van der Waals surface area contributed by atoms with Crippen LogP contribution in [0.2, 0.25) is 12.1 Å². The van der Waals surface area contributed by atoms with Gasteiger partial charge < -0.3 is 4.65 Å². The molecule has 0 rings (SSSR count). The van der Waals surface area contributed by atoms with Crippen LogP contribution in [-0.4, -0.2) is 19.4 Å². The number of hydrogen-bond acceptors (Lipinski definition) is 1. The van der Waals surface area contributed by atoms with E-state index in [2.05, 4.69) is 18.5 Å². The van der Waals surface area contributed by atoms with Crippen LogP contribution < -0.4 is 4.65 Å². The second kappa shape index (κ2) is 8.39. The molecule has 1 nitrogen and oxygen atoms in total. The molecule has 0 saturated heterocycles. The van der Waals surface area contributed by atoms with Crippen molar-refractivity contribution >= 4 is 19.4 Å². The van der Waals surface area contributed by atoms with Gasteiger partial charge in [-0.15, -0.1) is 0 Å². The fourth-order valence-electron chi connectivity index (χ4n) is 0.729. The Labute approximate surface area is 63.4 Å². The average molecular weight is 161 g/mol. The summed E-state index contributed by atoms with van der Waals surface area (Å²) in [5, 5.41) is 0. The van der Waals surface area contributed by atoms with E-state index in [9.17, 15) is 0 Å². The van der Waals surface area contributed by atoms with Gasteiger partial charge in [0.05, 0.1) is 19.4 Å². The summed E-state index contributed by atoms with van der Waals surface area (Å²) in [6.45, 7) is 4.55. The van der Waals surface area contributed by atoms with Gasteiger partial charge in [0.15, 0.2) is 0 Å². The van der Waals surface area contributed by atoms with Crippen LogP contribution in [0.4, 0.5) is 0 Å². The summed E-state index contributed by atoms with van der Waals surface area (Å²) in [5.41, 5.74) is 0. The Morgan fingerprint density at radius 2 is 1.44 bits per heavy atom. The minimum absolute atomic E-state index is 0.203. The first-order valence-corrected chi connectivity index (χ1v) is 7.54. The molecule has 0 aliphatic heterocycles. The van der Waals surface area contributed by atoms with Crippen LogP contribution in [0.5, 0.6) is 0 Å². The lowest BCUT2D eigenvalue weighted by Gasteiger charge is -1.98. The molecule has 0 radical (unpaired) electrons. The van der Waals surface area contributed by atoms with Crippen molar-refractivity contribution in [2.45, 2.75) is 38.8 Å². The van der Waals surface area contributed by atoms with Gasteiger partial charge in [0.2, 0.25) is 0 Å². The summed E-state index contributed by atoms with van der Waals surface area (Å²) < 4.78 is 3.66. The topological polar surface area (TPSA) is 12.0 Å². The first-order chi connectivity index (χ1) is 4.41. The molecule has 0 amide bonds. The molecule has 0 aliphatic rings. The predicted octanol–water partition coefficient (Wildman–Crippen LogP) is 0.400. The van der Waals surface area contributed by atoms with E-state index in [0.29, 0.717) is 0 Å². The van der Waals surface area contributed by atoms with Gasteiger partial charge in [-0.05, 0) is 0 Å². The molecule has 0 aliphatic carbocycles. The molecular formula is C6H19NSi2. The molecule has 0 spiro atoms. The molecule has 0 aromatic rings. The van der Waals surface area contributed by atoms with Gasteiger partial charge in [0, 0.05) is 0 Å². The number of hydrogen-bond donors (Lipinski definition) is 1. The SMILES string of the molecule is CCC[SiH2]N[SiH2]CCC. The highest BCUT2D eigenvalue weighted by Gasteiger charge is 1.85. The van der Waals surface area contributed by atoms with E-state index in [4.69, 9.17) is 0 Å². The Balaban J connectivity index is 2.60. The third-order valence-corrected chi connectivity index (χ3v) is 6.36. The van der Waals surface area contributed by atoms with Crippen LogP contribution in [0.25, 0.3) is 0 Å². The van der Waals surface area contributed by atoms with Crippen LogP contribution in [0, 0.1) is 0 Å². The molecule has 56 valence electrons. The maximum absolute atomic E-state index is 3.66. The van der Waals surface area contributed by atoms with Crippen molar-refractivity contribution in [1.29, 1.82) is 0 Å². The van der Waals surface area contributed by atoms with E-state index < -0.39 is 0 Å². The van der Waals surface area contributed by atoms with E-state index in [-0.39, 0.29) is 19.4 Å². The van der Waals surface area contributed by atoms with Crippen molar-refractivity contribution in [1.82, 2.24) is 4.65 Å². The van der Waals surface area contributed by atoms with Crippen molar-refractivity contribution < 1.29 is 0 Å². The molecule has 0 fully saturated rings. The molecule has 0 aromatic carbocycles. The van der Waals surface area contributed by atoms with Crippen LogP contribution in [0.15, 0.2) is 0 Å². The zero-order valence-electron chi connectivity index (χ0n) is 6.74. The zero-order chi connectivity index (χ0) is 6.95. The summed E-state index contributed by atoms with van der Waals surface area (Å²) in [5.74, 6) is 0. The Hall–Kier alpha value is 0.394. The molecule has 9 heavy (non-hydrogen) atoms. The molecule has 3 heteroatoms. The maximum Gasteiger partial charge on any atom is 0.0844 e. The predicted molar refractivity (Wildman–Crippen MR) is 50.4 cm³/mol. The van der Waals surface area contributed by atoms with Crippen LogP contribution in [0.1, 0.15) is 26.7 Å². The van der Waals surface area contributed by atoms with Gasteiger partial charge in [-0.1, -0.05) is 38.8 Å². The Morgan fingerprint density at radius 1 is 1.00 bits per heavy atom. The maximum atomic E-state index is 3.66. The third-order valence-electron chi connectivity index (χ3n) is 1.41. The highest BCUT2D eigenvalue weighted by molar-refractivity contribution is 6.50. The molecule has 0 saturated carbocycles. The molecular weight excluding hydrogens is 142 g/mol. The monoisotopic (exact) mass is 161 g/mol. The molecule has 0 atom stereocenters. The third kappa shape index (κ3) is 8.39. The summed E-state index contributed by atoms with van der Waals surface area (Å²) >= 11 is 0. The highest BCUT2D eigenvalue weighted by Crippen LogP contribution is 1.84. The van der Waals surface area contributed by atoms with Gasteiger partial charge >= 0.3 is 0 Å². The minimum atomic E-state index is 0.203. The van der Waals surface area contributed by atoms with Gasteiger partial charge in [0.25, 0.3) is 0 Å². The Kier molecular flexibility index (Phi) is 8.76. The second-order valence-corrected chi connectivity index (χ2v) is 6.87. The van der Waals surface area contributed by atoms with Crippen LogP contribution in [-0.2, 0) is 0 Å². The molecule has 0 heterocycles. The van der Waals surface area contributed by atoms with Crippen molar-refractivity contribution in [2.24, 2.45) is 0 Å². The second-order valence-electron chi connectivity index (χ2n) is 2.46. The Bertz CT molecular complexity index is 44.3. The first-order valence-electron chi connectivity index (χ1n) is 4.12. The highest BCUT2D eigenvalue weighted by atomic mass is 28.3. The number of nitrogens with one attached hydrogen (secondary N) is 1. The van der Waals surface area contributed by atoms with Crippen molar-refractivity contribution in [3.63, 3.8) is 0 Å². The Morgan fingerprint density at radius 3 is 1.78 bits per heavy atom. The number of rotatable bonds is 6. The molecule has 0 aromatic heterocycles.